The van der Waals surface area contributed by atoms with Gasteiger partial charge in [0.25, 0.3) is 11.5 Å². The lowest BCUT2D eigenvalue weighted by atomic mass is 10.3. The summed E-state index contributed by atoms with van der Waals surface area (Å²) in [6.45, 7) is 4.95. The Morgan fingerprint density at radius 3 is 2.48 bits per heavy atom. The zero-order valence-corrected chi connectivity index (χ0v) is 12.5. The van der Waals surface area contributed by atoms with E-state index in [9.17, 15) is 18.0 Å². The number of nitrogens with two attached hydrogens (primary N) is 1. The van der Waals surface area contributed by atoms with E-state index in [0.29, 0.717) is 26.2 Å². The average Bonchev–Trinajstić information content (AvgIpc) is 2.47. The molecule has 0 aliphatic carbocycles. The Labute approximate surface area is 122 Å². The maximum Gasteiger partial charge on any atom is 0.260 e. The molecule has 3 N–H and O–H groups in total. The van der Waals surface area contributed by atoms with E-state index < -0.39 is 21.5 Å². The van der Waals surface area contributed by atoms with Gasteiger partial charge in [0.1, 0.15) is 5.56 Å². The highest BCUT2D eigenvalue weighted by Gasteiger charge is 2.29. The van der Waals surface area contributed by atoms with Crippen LogP contribution in [-0.4, -0.2) is 61.2 Å². The van der Waals surface area contributed by atoms with Crippen LogP contribution >= 0.6 is 0 Å². The molecule has 0 unspecified atom stereocenters. The van der Waals surface area contributed by atoms with E-state index in [1.165, 1.54) is 4.31 Å². The third kappa shape index (κ3) is 3.14. The first-order valence-electron chi connectivity index (χ1n) is 6.61. The molecule has 116 valence electrons. The zero-order chi connectivity index (χ0) is 15.6. The number of hydrogen-bond acceptors (Lipinski definition) is 5. The first-order chi connectivity index (χ1) is 9.86. The minimum atomic E-state index is -3.74. The number of nitrogens with one attached hydrogen (secondary N) is 1. The van der Waals surface area contributed by atoms with Gasteiger partial charge >= 0.3 is 0 Å². The third-order valence-electron chi connectivity index (χ3n) is 3.56. The van der Waals surface area contributed by atoms with Gasteiger partial charge in [-0.3, -0.25) is 9.59 Å². The number of nitrogens with zero attached hydrogens (tertiary/aromatic N) is 2. The van der Waals surface area contributed by atoms with E-state index in [-0.39, 0.29) is 10.5 Å². The Morgan fingerprint density at radius 1 is 1.33 bits per heavy atom. The van der Waals surface area contributed by atoms with Crippen molar-refractivity contribution in [3.63, 3.8) is 0 Å². The van der Waals surface area contributed by atoms with Gasteiger partial charge in [-0.15, -0.1) is 0 Å². The van der Waals surface area contributed by atoms with E-state index in [1.807, 2.05) is 6.92 Å². The van der Waals surface area contributed by atoms with Crippen LogP contribution in [0.5, 0.6) is 0 Å². The molecule has 0 bridgehead atoms. The molecule has 2 rings (SSSR count). The minimum Gasteiger partial charge on any atom is -0.365 e. The minimum absolute atomic E-state index is 0.124. The number of piperazine rings is 1. The van der Waals surface area contributed by atoms with Crippen LogP contribution in [0.1, 0.15) is 17.3 Å². The van der Waals surface area contributed by atoms with Gasteiger partial charge in [0.2, 0.25) is 10.0 Å². The maximum atomic E-state index is 12.5. The van der Waals surface area contributed by atoms with E-state index in [2.05, 4.69) is 9.88 Å². The number of H-pyrrole nitrogens is 1. The zero-order valence-electron chi connectivity index (χ0n) is 11.7. The number of pyridine rings is 1. The molecule has 1 aromatic heterocycles. The van der Waals surface area contributed by atoms with Crippen molar-refractivity contribution in [1.29, 1.82) is 0 Å². The van der Waals surface area contributed by atoms with Crippen molar-refractivity contribution in [2.75, 3.05) is 32.7 Å². The highest BCUT2D eigenvalue weighted by atomic mass is 32.2. The Balaban J connectivity index is 2.30. The molecule has 1 aliphatic rings. The first-order valence-corrected chi connectivity index (χ1v) is 8.05. The summed E-state index contributed by atoms with van der Waals surface area (Å²) >= 11 is 0. The van der Waals surface area contributed by atoms with Crippen LogP contribution in [0.15, 0.2) is 22.0 Å². The van der Waals surface area contributed by atoms with Crippen molar-refractivity contribution in [3.8, 4) is 0 Å². The standard InChI is InChI=1S/C12H18N4O4S/c1-2-15-3-5-16(6-4-15)21(19,20)9-7-10(11(13)17)12(18)14-8-9/h7-8H,2-6H2,1H3,(H2,13,17)(H,14,18). The molecule has 1 amide bonds. The van der Waals surface area contributed by atoms with Crippen LogP contribution in [-0.2, 0) is 10.0 Å². The molecular weight excluding hydrogens is 296 g/mol. The second-order valence-corrected chi connectivity index (χ2v) is 6.72. The maximum absolute atomic E-state index is 12.5. The topological polar surface area (TPSA) is 117 Å². The molecule has 0 spiro atoms. The van der Waals surface area contributed by atoms with Gasteiger partial charge in [0.05, 0.1) is 4.90 Å². The number of hydrogen-bond donors (Lipinski definition) is 2. The Morgan fingerprint density at radius 2 is 1.95 bits per heavy atom. The summed E-state index contributed by atoms with van der Waals surface area (Å²) in [4.78, 5) is 26.8. The molecule has 8 nitrogen and oxygen atoms in total. The first kappa shape index (κ1) is 15.7. The molecule has 9 heteroatoms. The van der Waals surface area contributed by atoms with Gasteiger partial charge in [-0.1, -0.05) is 6.92 Å². The summed E-state index contributed by atoms with van der Waals surface area (Å²) in [7, 11) is -3.74. The molecule has 1 aliphatic heterocycles. The van der Waals surface area contributed by atoms with Crippen molar-refractivity contribution in [2.45, 2.75) is 11.8 Å². The molecule has 0 aromatic carbocycles. The van der Waals surface area contributed by atoms with Crippen LogP contribution in [0.25, 0.3) is 0 Å². The molecule has 0 atom stereocenters. The fourth-order valence-electron chi connectivity index (χ4n) is 2.23. The predicted octanol–water partition coefficient (Wildman–Crippen LogP) is -1.20. The number of carbonyl (C=O) groups is 1. The number of amides is 1. The third-order valence-corrected chi connectivity index (χ3v) is 5.43. The number of primary amides is 1. The van der Waals surface area contributed by atoms with Crippen molar-refractivity contribution < 1.29 is 13.2 Å². The van der Waals surface area contributed by atoms with E-state index >= 15 is 0 Å². The van der Waals surface area contributed by atoms with Gasteiger partial charge in [-0.05, 0) is 12.6 Å². The van der Waals surface area contributed by atoms with Crippen LogP contribution in [0.2, 0.25) is 0 Å². The largest absolute Gasteiger partial charge is 0.365 e. The highest BCUT2D eigenvalue weighted by Crippen LogP contribution is 2.16. The number of carbonyl (C=O) groups excluding carboxylic acids is 1. The monoisotopic (exact) mass is 314 g/mol. The van der Waals surface area contributed by atoms with Gasteiger partial charge in [0.15, 0.2) is 0 Å². The lowest BCUT2D eigenvalue weighted by Crippen LogP contribution is -2.48. The SMILES string of the molecule is CCN1CCN(S(=O)(=O)c2c[nH]c(=O)c(C(N)=O)c2)CC1. The molecule has 1 aromatic rings. The smallest absolute Gasteiger partial charge is 0.260 e. The van der Waals surface area contributed by atoms with Crippen LogP contribution < -0.4 is 11.3 Å². The van der Waals surface area contributed by atoms with Crippen LogP contribution in [0, 0.1) is 0 Å². The Hall–Kier alpha value is -1.71. The average molecular weight is 314 g/mol. The van der Waals surface area contributed by atoms with Crippen LogP contribution in [0.3, 0.4) is 0 Å². The lowest BCUT2D eigenvalue weighted by Gasteiger charge is -2.33. The second kappa shape index (κ2) is 5.96. The van der Waals surface area contributed by atoms with E-state index in [0.717, 1.165) is 18.8 Å². The fraction of sp³-hybridized carbons (Fsp3) is 0.500. The lowest BCUT2D eigenvalue weighted by molar-refractivity contribution is 0.0998. The summed E-state index contributed by atoms with van der Waals surface area (Å²) in [6.07, 6.45) is 1.09. The quantitative estimate of drug-likeness (QED) is 0.724. The summed E-state index contributed by atoms with van der Waals surface area (Å²) in [5.41, 5.74) is 4.01. The highest BCUT2D eigenvalue weighted by molar-refractivity contribution is 7.89. The molecule has 0 radical (unpaired) electrons. The summed E-state index contributed by atoms with van der Waals surface area (Å²) < 4.78 is 26.3. The molecule has 21 heavy (non-hydrogen) atoms. The normalized spacial score (nSPS) is 17.8. The molecular formula is C12H18N4O4S. The number of aromatic amines is 1. The van der Waals surface area contributed by atoms with Gasteiger partial charge in [0, 0.05) is 32.4 Å². The van der Waals surface area contributed by atoms with Crippen molar-refractivity contribution in [3.05, 3.63) is 28.2 Å². The number of sulfonamides is 1. The van der Waals surface area contributed by atoms with Gasteiger partial charge in [-0.2, -0.15) is 4.31 Å². The molecule has 0 saturated carbocycles. The number of rotatable bonds is 4. The number of likely N-dealkylation sites (N-methyl/N-ethyl adjacent to an activating group) is 1. The Kier molecular flexibility index (Phi) is 4.45. The summed E-state index contributed by atoms with van der Waals surface area (Å²) in [5.74, 6) is -0.955. The molecule has 1 saturated heterocycles. The fourth-order valence-corrected chi connectivity index (χ4v) is 3.65. The molecule has 2 heterocycles. The van der Waals surface area contributed by atoms with Gasteiger partial charge in [-0.25, -0.2) is 8.42 Å². The van der Waals surface area contributed by atoms with E-state index in [4.69, 9.17) is 5.73 Å². The summed E-state index contributed by atoms with van der Waals surface area (Å²) in [5, 5.41) is 0. The second-order valence-electron chi connectivity index (χ2n) is 4.78. The van der Waals surface area contributed by atoms with E-state index in [1.54, 1.807) is 0 Å². The molecule has 1 fully saturated rings. The van der Waals surface area contributed by atoms with Crippen LogP contribution in [0.4, 0.5) is 0 Å². The van der Waals surface area contributed by atoms with Crippen molar-refractivity contribution in [2.24, 2.45) is 5.73 Å². The predicted molar refractivity (Wildman–Crippen MR) is 76.5 cm³/mol. The summed E-state index contributed by atoms with van der Waals surface area (Å²) in [6, 6.07) is 1.03. The van der Waals surface area contributed by atoms with Crippen molar-refractivity contribution in [1.82, 2.24) is 14.2 Å². The number of aromatic nitrogens is 1. The van der Waals surface area contributed by atoms with Gasteiger partial charge < -0.3 is 15.6 Å². The Bertz CT molecular complexity index is 689. The van der Waals surface area contributed by atoms with Crippen molar-refractivity contribution >= 4 is 15.9 Å².